The summed E-state index contributed by atoms with van der Waals surface area (Å²) in [6, 6.07) is 0. The Bertz CT molecular complexity index is 130. The van der Waals surface area contributed by atoms with Crippen molar-refractivity contribution in [2.45, 2.75) is 25.7 Å². The SMILES string of the molecule is CON(C)C(=O)CCCCCI. The Morgan fingerprint density at radius 1 is 1.42 bits per heavy atom. The van der Waals surface area contributed by atoms with E-state index in [4.69, 9.17) is 4.84 Å². The highest BCUT2D eigenvalue weighted by Crippen LogP contribution is 2.03. The number of unbranched alkanes of at least 4 members (excludes halogenated alkanes) is 2. The second kappa shape index (κ2) is 7.79. The minimum atomic E-state index is 0.0611. The van der Waals surface area contributed by atoms with Crippen molar-refractivity contribution in [3.05, 3.63) is 0 Å². The molecule has 0 radical (unpaired) electrons. The van der Waals surface area contributed by atoms with Crippen molar-refractivity contribution in [2.75, 3.05) is 18.6 Å². The van der Waals surface area contributed by atoms with Crippen LogP contribution in [0, 0.1) is 0 Å². The molecular formula is C8H16INO2. The van der Waals surface area contributed by atoms with Crippen LogP contribution in [0.15, 0.2) is 0 Å². The molecule has 0 saturated heterocycles. The second-order valence-corrected chi connectivity index (χ2v) is 3.65. The van der Waals surface area contributed by atoms with Gasteiger partial charge < -0.3 is 0 Å². The predicted molar refractivity (Wildman–Crippen MR) is 57.1 cm³/mol. The van der Waals surface area contributed by atoms with Crippen LogP contribution in [0.3, 0.4) is 0 Å². The molecule has 12 heavy (non-hydrogen) atoms. The van der Waals surface area contributed by atoms with Gasteiger partial charge in [-0.15, -0.1) is 0 Å². The van der Waals surface area contributed by atoms with Crippen LogP contribution < -0.4 is 0 Å². The van der Waals surface area contributed by atoms with Crippen molar-refractivity contribution in [2.24, 2.45) is 0 Å². The van der Waals surface area contributed by atoms with Crippen LogP contribution in [0.5, 0.6) is 0 Å². The average molecular weight is 285 g/mol. The van der Waals surface area contributed by atoms with E-state index in [1.54, 1.807) is 7.05 Å². The fourth-order valence-corrected chi connectivity index (χ4v) is 1.35. The largest absolute Gasteiger partial charge is 0.275 e. The van der Waals surface area contributed by atoms with Gasteiger partial charge in [0.2, 0.25) is 5.91 Å². The highest BCUT2D eigenvalue weighted by molar-refractivity contribution is 14.1. The third-order valence-corrected chi connectivity index (χ3v) is 2.41. The van der Waals surface area contributed by atoms with Gasteiger partial charge in [0, 0.05) is 13.5 Å². The summed E-state index contributed by atoms with van der Waals surface area (Å²) in [4.78, 5) is 15.9. The lowest BCUT2D eigenvalue weighted by Crippen LogP contribution is -2.24. The summed E-state index contributed by atoms with van der Waals surface area (Å²) in [7, 11) is 3.14. The molecule has 3 nitrogen and oxygen atoms in total. The number of hydrogen-bond acceptors (Lipinski definition) is 2. The molecule has 0 heterocycles. The predicted octanol–water partition coefficient (Wildman–Crippen LogP) is 2.00. The Kier molecular flexibility index (Phi) is 7.89. The van der Waals surface area contributed by atoms with Gasteiger partial charge in [0.1, 0.15) is 0 Å². The molecule has 0 atom stereocenters. The van der Waals surface area contributed by atoms with Gasteiger partial charge in [-0.25, -0.2) is 5.06 Å². The first-order chi connectivity index (χ1) is 5.72. The molecule has 0 bridgehead atoms. The van der Waals surface area contributed by atoms with E-state index in [2.05, 4.69) is 22.6 Å². The molecule has 1 amide bonds. The molecule has 0 fully saturated rings. The van der Waals surface area contributed by atoms with Crippen LogP contribution in [-0.2, 0) is 9.63 Å². The second-order valence-electron chi connectivity index (χ2n) is 2.57. The fraction of sp³-hybridized carbons (Fsp3) is 0.875. The number of alkyl halides is 1. The summed E-state index contributed by atoms with van der Waals surface area (Å²) in [5.41, 5.74) is 0. The minimum Gasteiger partial charge on any atom is -0.275 e. The molecule has 0 spiro atoms. The molecule has 72 valence electrons. The van der Waals surface area contributed by atoms with Crippen molar-refractivity contribution < 1.29 is 9.63 Å². The lowest BCUT2D eigenvalue weighted by Gasteiger charge is -2.12. The maximum Gasteiger partial charge on any atom is 0.245 e. The summed E-state index contributed by atoms with van der Waals surface area (Å²) in [5, 5.41) is 1.28. The van der Waals surface area contributed by atoms with Crippen molar-refractivity contribution in [1.82, 2.24) is 5.06 Å². The van der Waals surface area contributed by atoms with E-state index < -0.39 is 0 Å². The number of carbonyl (C=O) groups excluding carboxylic acids is 1. The van der Waals surface area contributed by atoms with Crippen molar-refractivity contribution in [3.63, 3.8) is 0 Å². The standard InChI is InChI=1S/C8H16INO2/c1-10(12-2)8(11)6-4-3-5-7-9/h3-7H2,1-2H3. The number of hydrogen-bond donors (Lipinski definition) is 0. The Morgan fingerprint density at radius 3 is 2.58 bits per heavy atom. The third-order valence-electron chi connectivity index (χ3n) is 1.65. The van der Waals surface area contributed by atoms with E-state index in [0.717, 1.165) is 12.8 Å². The van der Waals surface area contributed by atoms with Crippen LogP contribution in [-0.4, -0.2) is 29.6 Å². The minimum absolute atomic E-state index is 0.0611. The molecule has 0 aliphatic heterocycles. The molecule has 0 aromatic rings. The van der Waals surface area contributed by atoms with Gasteiger partial charge in [-0.2, -0.15) is 0 Å². The summed E-state index contributed by atoms with van der Waals surface area (Å²) in [5.74, 6) is 0.0611. The van der Waals surface area contributed by atoms with Gasteiger partial charge in [-0.1, -0.05) is 29.0 Å². The van der Waals surface area contributed by atoms with E-state index in [0.29, 0.717) is 6.42 Å². The van der Waals surface area contributed by atoms with Gasteiger partial charge >= 0.3 is 0 Å². The molecule has 4 heteroatoms. The first-order valence-corrected chi connectivity index (χ1v) is 5.61. The normalized spacial score (nSPS) is 9.92. The van der Waals surface area contributed by atoms with Crippen LogP contribution in [0.25, 0.3) is 0 Å². The lowest BCUT2D eigenvalue weighted by molar-refractivity contribution is -0.168. The number of rotatable bonds is 6. The molecular weight excluding hydrogens is 269 g/mol. The molecule has 0 N–H and O–H groups in total. The maximum absolute atomic E-state index is 11.1. The molecule has 0 rings (SSSR count). The summed E-state index contributed by atoms with van der Waals surface area (Å²) in [6.45, 7) is 0. The summed E-state index contributed by atoms with van der Waals surface area (Å²) < 4.78 is 1.17. The van der Waals surface area contributed by atoms with Gasteiger partial charge in [-0.05, 0) is 17.3 Å². The number of nitrogens with zero attached hydrogens (tertiary/aromatic N) is 1. The zero-order valence-corrected chi connectivity index (χ0v) is 9.83. The van der Waals surface area contributed by atoms with Gasteiger partial charge in [0.25, 0.3) is 0 Å². The fourth-order valence-electron chi connectivity index (χ4n) is 0.807. The topological polar surface area (TPSA) is 29.5 Å². The summed E-state index contributed by atoms with van der Waals surface area (Å²) >= 11 is 2.35. The van der Waals surface area contributed by atoms with Crippen LogP contribution in [0.4, 0.5) is 0 Å². The molecule has 0 aliphatic carbocycles. The monoisotopic (exact) mass is 285 g/mol. The van der Waals surface area contributed by atoms with Crippen LogP contribution in [0.2, 0.25) is 0 Å². The van der Waals surface area contributed by atoms with Gasteiger partial charge in [0.15, 0.2) is 0 Å². The Balaban J connectivity index is 3.31. The molecule has 0 unspecified atom stereocenters. The number of amides is 1. The van der Waals surface area contributed by atoms with Gasteiger partial charge in [0.05, 0.1) is 7.11 Å². The number of hydroxylamine groups is 2. The molecule has 0 aromatic carbocycles. The quantitative estimate of drug-likeness (QED) is 0.323. The zero-order chi connectivity index (χ0) is 9.40. The molecule has 0 aromatic heterocycles. The van der Waals surface area contributed by atoms with Crippen LogP contribution in [0.1, 0.15) is 25.7 Å². The lowest BCUT2D eigenvalue weighted by atomic mass is 10.2. The summed E-state index contributed by atoms with van der Waals surface area (Å²) in [6.07, 6.45) is 3.90. The Morgan fingerprint density at radius 2 is 2.08 bits per heavy atom. The van der Waals surface area contributed by atoms with Crippen molar-refractivity contribution in [1.29, 1.82) is 0 Å². The van der Waals surface area contributed by atoms with E-state index in [1.807, 2.05) is 0 Å². The van der Waals surface area contributed by atoms with Gasteiger partial charge in [-0.3, -0.25) is 9.63 Å². The first-order valence-electron chi connectivity index (χ1n) is 4.09. The molecule has 0 saturated carbocycles. The van der Waals surface area contributed by atoms with E-state index in [9.17, 15) is 4.79 Å². The van der Waals surface area contributed by atoms with Crippen molar-refractivity contribution >= 4 is 28.5 Å². The first kappa shape index (κ1) is 12.2. The smallest absolute Gasteiger partial charge is 0.245 e. The molecule has 0 aliphatic rings. The third kappa shape index (κ3) is 5.77. The zero-order valence-electron chi connectivity index (χ0n) is 7.68. The maximum atomic E-state index is 11.1. The van der Waals surface area contributed by atoms with E-state index in [-0.39, 0.29) is 5.91 Å². The van der Waals surface area contributed by atoms with E-state index >= 15 is 0 Å². The van der Waals surface area contributed by atoms with Crippen molar-refractivity contribution in [3.8, 4) is 0 Å². The Hall–Kier alpha value is 0.160. The highest BCUT2D eigenvalue weighted by Gasteiger charge is 2.05. The number of carbonyl (C=O) groups is 1. The highest BCUT2D eigenvalue weighted by atomic mass is 127. The average Bonchev–Trinajstić information content (AvgIpc) is 2.10. The Labute approximate surface area is 87.5 Å². The van der Waals surface area contributed by atoms with E-state index in [1.165, 1.54) is 23.0 Å². The van der Waals surface area contributed by atoms with Crippen LogP contribution >= 0.6 is 22.6 Å². The number of halogens is 1.